The first-order valence-corrected chi connectivity index (χ1v) is 38.2. The Hall–Kier alpha value is -1.94. The highest BCUT2D eigenvalue weighted by Crippen LogP contribution is 2.45. The van der Waals surface area contributed by atoms with E-state index < -0.39 is 97.5 Å². The fraction of sp³-hybridized carbons (Fsp3) is 0.941. The zero-order valence-corrected chi connectivity index (χ0v) is 58.4. The summed E-state index contributed by atoms with van der Waals surface area (Å²) in [6.07, 6.45) is 39.1. The summed E-state index contributed by atoms with van der Waals surface area (Å²) in [5.74, 6) is 0.782. The van der Waals surface area contributed by atoms with Crippen molar-refractivity contribution >= 4 is 39.5 Å². The first-order chi connectivity index (χ1) is 41.6. The van der Waals surface area contributed by atoms with Crippen molar-refractivity contribution < 1.29 is 80.2 Å². The fourth-order valence-corrected chi connectivity index (χ4v) is 11.7. The number of hydrogen-bond donors (Lipinski definition) is 3. The van der Waals surface area contributed by atoms with Crippen molar-refractivity contribution in [3.63, 3.8) is 0 Å². The number of phosphoric ester groups is 2. The molecule has 0 saturated carbocycles. The Morgan fingerprint density at radius 2 is 0.483 bits per heavy atom. The maximum Gasteiger partial charge on any atom is 0.472 e. The maximum absolute atomic E-state index is 13.0. The highest BCUT2D eigenvalue weighted by Gasteiger charge is 2.30. The number of esters is 4. The lowest BCUT2D eigenvalue weighted by molar-refractivity contribution is -0.161. The van der Waals surface area contributed by atoms with E-state index in [1.165, 1.54) is 135 Å². The van der Waals surface area contributed by atoms with E-state index in [-0.39, 0.29) is 25.7 Å². The van der Waals surface area contributed by atoms with Crippen molar-refractivity contribution in [3.8, 4) is 0 Å². The molecule has 87 heavy (non-hydrogen) atoms. The summed E-state index contributed by atoms with van der Waals surface area (Å²) in [6, 6.07) is 0. The van der Waals surface area contributed by atoms with E-state index in [0.29, 0.717) is 31.6 Å². The molecule has 0 aromatic carbocycles. The Morgan fingerprint density at radius 1 is 0.287 bits per heavy atom. The Bertz CT molecular complexity index is 1730. The van der Waals surface area contributed by atoms with Crippen LogP contribution in [0.4, 0.5) is 0 Å². The number of ether oxygens (including phenoxy) is 4. The minimum atomic E-state index is -4.95. The Morgan fingerprint density at radius 3 is 0.713 bits per heavy atom. The summed E-state index contributed by atoms with van der Waals surface area (Å²) in [4.78, 5) is 72.4. The van der Waals surface area contributed by atoms with Gasteiger partial charge in [0.1, 0.15) is 19.3 Å². The van der Waals surface area contributed by atoms with E-state index >= 15 is 0 Å². The van der Waals surface area contributed by atoms with Crippen LogP contribution >= 0.6 is 15.6 Å². The zero-order chi connectivity index (χ0) is 64.7. The molecule has 0 rings (SSSR count). The quantitative estimate of drug-likeness (QED) is 0.0222. The van der Waals surface area contributed by atoms with Crippen LogP contribution in [0.3, 0.4) is 0 Å². The summed E-state index contributed by atoms with van der Waals surface area (Å²) in [7, 11) is -9.90. The summed E-state index contributed by atoms with van der Waals surface area (Å²) in [5, 5.41) is 10.6. The number of aliphatic hydroxyl groups excluding tert-OH is 1. The van der Waals surface area contributed by atoms with Crippen LogP contribution in [0, 0.1) is 23.7 Å². The van der Waals surface area contributed by atoms with Gasteiger partial charge in [0.2, 0.25) is 0 Å². The van der Waals surface area contributed by atoms with Gasteiger partial charge < -0.3 is 33.8 Å². The molecule has 0 fully saturated rings. The standard InChI is InChI=1S/C68H132O17P2/c1-58(2)44-36-28-20-14-10-9-11-16-23-32-40-48-65(70)78-54-63(84-67(72)50-42-34-25-17-13-12-15-21-29-37-45-59(3)4)56-82-86(74,75)80-52-62(69)53-81-87(76,77)83-57-64(85-68(73)51-43-35-27-26-31-39-47-61(7)8)55-79-66(71)49-41-33-24-19-18-22-30-38-46-60(5)6/h58-64,69H,9-57H2,1-8H3,(H,74,75)(H,76,77)/t62?,63-,64-/m1/s1. The van der Waals surface area contributed by atoms with Crippen LogP contribution in [0.25, 0.3) is 0 Å². The molecule has 516 valence electrons. The summed E-state index contributed by atoms with van der Waals surface area (Å²) in [5.41, 5.74) is 0. The largest absolute Gasteiger partial charge is 0.472 e. The molecule has 0 spiro atoms. The van der Waals surface area contributed by atoms with Gasteiger partial charge in [-0.25, -0.2) is 9.13 Å². The van der Waals surface area contributed by atoms with Crippen molar-refractivity contribution in [1.82, 2.24) is 0 Å². The normalized spacial score (nSPS) is 14.3. The predicted octanol–water partition coefficient (Wildman–Crippen LogP) is 18.9. The first kappa shape index (κ1) is 85.1. The van der Waals surface area contributed by atoms with Gasteiger partial charge in [0.05, 0.1) is 26.4 Å². The molecule has 0 aromatic rings. The second kappa shape index (κ2) is 57.9. The predicted molar refractivity (Wildman–Crippen MR) is 349 cm³/mol. The SMILES string of the molecule is CC(C)CCCCCCCCCCCCCC(=O)OC[C@H](COP(=O)(O)OCC(O)COP(=O)(O)OC[C@@H](COC(=O)CCCCCCCCCCC(C)C)OC(=O)CCCCCCCCC(C)C)OC(=O)CCCCCCCCCCCCC(C)C. The van der Waals surface area contributed by atoms with E-state index in [1.54, 1.807) is 0 Å². The first-order valence-electron chi connectivity index (χ1n) is 35.2. The summed E-state index contributed by atoms with van der Waals surface area (Å²) in [6.45, 7) is 14.0. The van der Waals surface area contributed by atoms with Crippen LogP contribution < -0.4 is 0 Å². The maximum atomic E-state index is 13.0. The van der Waals surface area contributed by atoms with Gasteiger partial charge in [-0.3, -0.25) is 37.3 Å². The van der Waals surface area contributed by atoms with Gasteiger partial charge in [0, 0.05) is 25.7 Å². The highest BCUT2D eigenvalue weighted by molar-refractivity contribution is 7.47. The molecule has 17 nitrogen and oxygen atoms in total. The molecule has 0 amide bonds. The average molecular weight is 1280 g/mol. The van der Waals surface area contributed by atoms with Gasteiger partial charge in [-0.05, 0) is 49.4 Å². The third-order valence-electron chi connectivity index (χ3n) is 15.6. The van der Waals surface area contributed by atoms with E-state index in [0.717, 1.165) is 108 Å². The Labute approximate surface area is 530 Å². The molecular weight excluding hydrogens is 1150 g/mol. The third-order valence-corrected chi connectivity index (χ3v) is 17.5. The molecule has 0 aliphatic rings. The second-order valence-electron chi connectivity index (χ2n) is 26.5. The van der Waals surface area contributed by atoms with E-state index in [1.807, 2.05) is 0 Å². The van der Waals surface area contributed by atoms with Gasteiger partial charge in [-0.15, -0.1) is 0 Å². The van der Waals surface area contributed by atoms with Crippen LogP contribution in [-0.2, 0) is 65.4 Å². The Kier molecular flexibility index (Phi) is 56.6. The van der Waals surface area contributed by atoms with E-state index in [2.05, 4.69) is 55.4 Å². The molecule has 0 bridgehead atoms. The highest BCUT2D eigenvalue weighted by atomic mass is 31.2. The van der Waals surface area contributed by atoms with Crippen LogP contribution in [0.1, 0.15) is 331 Å². The number of rotatable bonds is 65. The molecule has 19 heteroatoms. The molecular formula is C68H132O17P2. The number of carbonyl (C=O) groups is 4. The molecule has 3 unspecified atom stereocenters. The second-order valence-corrected chi connectivity index (χ2v) is 29.4. The fourth-order valence-electron chi connectivity index (χ4n) is 10.1. The van der Waals surface area contributed by atoms with E-state index in [4.69, 9.17) is 37.0 Å². The molecule has 0 aliphatic carbocycles. The lowest BCUT2D eigenvalue weighted by Gasteiger charge is -2.21. The van der Waals surface area contributed by atoms with Gasteiger partial charge in [0.25, 0.3) is 0 Å². The molecule has 0 aliphatic heterocycles. The summed E-state index contributed by atoms with van der Waals surface area (Å²) >= 11 is 0. The summed E-state index contributed by atoms with van der Waals surface area (Å²) < 4.78 is 68.1. The topological polar surface area (TPSA) is 237 Å². The van der Waals surface area contributed by atoms with Crippen LogP contribution in [-0.4, -0.2) is 96.7 Å². The third kappa shape index (κ3) is 62.6. The number of unbranched alkanes of at least 4 members (excludes halogenated alkanes) is 31. The van der Waals surface area contributed by atoms with Crippen molar-refractivity contribution in [3.05, 3.63) is 0 Å². The average Bonchev–Trinajstić information content (AvgIpc) is 3.67. The number of phosphoric acid groups is 2. The number of carbonyl (C=O) groups excluding carboxylic acids is 4. The van der Waals surface area contributed by atoms with Crippen LogP contribution in [0.2, 0.25) is 0 Å². The molecule has 3 N–H and O–H groups in total. The molecule has 5 atom stereocenters. The van der Waals surface area contributed by atoms with Crippen molar-refractivity contribution in [2.24, 2.45) is 23.7 Å². The monoisotopic (exact) mass is 1280 g/mol. The molecule has 0 aromatic heterocycles. The number of aliphatic hydroxyl groups is 1. The van der Waals surface area contributed by atoms with Crippen molar-refractivity contribution in [2.75, 3.05) is 39.6 Å². The molecule has 0 saturated heterocycles. The minimum Gasteiger partial charge on any atom is -0.462 e. The Balaban J connectivity index is 5.24. The van der Waals surface area contributed by atoms with Gasteiger partial charge >= 0.3 is 39.5 Å². The minimum absolute atomic E-state index is 0.101. The van der Waals surface area contributed by atoms with Crippen molar-refractivity contribution in [2.45, 2.75) is 350 Å². The van der Waals surface area contributed by atoms with Gasteiger partial charge in [-0.1, -0.05) is 280 Å². The van der Waals surface area contributed by atoms with E-state index in [9.17, 15) is 43.2 Å². The van der Waals surface area contributed by atoms with Crippen LogP contribution in [0.15, 0.2) is 0 Å². The van der Waals surface area contributed by atoms with Gasteiger partial charge in [0.15, 0.2) is 12.2 Å². The van der Waals surface area contributed by atoms with Crippen LogP contribution in [0.5, 0.6) is 0 Å². The zero-order valence-electron chi connectivity index (χ0n) is 56.6. The smallest absolute Gasteiger partial charge is 0.462 e. The molecule has 0 radical (unpaired) electrons. The lowest BCUT2D eigenvalue weighted by atomic mass is 10.0. The van der Waals surface area contributed by atoms with Gasteiger partial charge in [-0.2, -0.15) is 0 Å². The number of hydrogen-bond acceptors (Lipinski definition) is 15. The molecule has 0 heterocycles. The van der Waals surface area contributed by atoms with Crippen molar-refractivity contribution in [1.29, 1.82) is 0 Å². The lowest BCUT2D eigenvalue weighted by Crippen LogP contribution is -2.30.